The second-order valence-electron chi connectivity index (χ2n) is 6.16. The van der Waals surface area contributed by atoms with Crippen LogP contribution in [0.4, 0.5) is 0 Å². The summed E-state index contributed by atoms with van der Waals surface area (Å²) < 4.78 is 7.58. The number of aromatic nitrogens is 1. The van der Waals surface area contributed by atoms with E-state index in [4.69, 9.17) is 4.74 Å². The highest BCUT2D eigenvalue weighted by Gasteiger charge is 2.39. The van der Waals surface area contributed by atoms with Gasteiger partial charge in [0.1, 0.15) is 5.69 Å². The minimum absolute atomic E-state index is 0.00852. The molecular formula is C18H19N3O3. The molecule has 2 aromatic rings. The van der Waals surface area contributed by atoms with Crippen LogP contribution in [0.3, 0.4) is 0 Å². The molecular weight excluding hydrogens is 306 g/mol. The van der Waals surface area contributed by atoms with Gasteiger partial charge in [-0.1, -0.05) is 24.8 Å². The summed E-state index contributed by atoms with van der Waals surface area (Å²) in [5.41, 5.74) is 1.78. The van der Waals surface area contributed by atoms with E-state index in [1.165, 1.54) is 6.08 Å². The Morgan fingerprint density at radius 2 is 2.12 bits per heavy atom. The second kappa shape index (κ2) is 5.79. The number of nitrogens with one attached hydrogen (secondary N) is 1. The van der Waals surface area contributed by atoms with Gasteiger partial charge in [-0.15, -0.1) is 0 Å². The van der Waals surface area contributed by atoms with Gasteiger partial charge in [0.25, 0.3) is 5.91 Å². The van der Waals surface area contributed by atoms with Crippen molar-refractivity contribution < 1.29 is 14.3 Å². The molecule has 0 saturated carbocycles. The van der Waals surface area contributed by atoms with Crippen LogP contribution in [0.25, 0.3) is 10.9 Å². The van der Waals surface area contributed by atoms with Crippen LogP contribution in [0.15, 0.2) is 43.0 Å². The molecule has 2 aliphatic heterocycles. The molecule has 0 radical (unpaired) electrons. The standard InChI is InChI=1S/C18H19N3O3/c1-2-17(22)19-13-10-24-11-16(13)21-8-7-20-14-6-4-3-5-12(14)9-15(20)18(21)23/h2-6,9,13,16H,1,7-8,10-11H2,(H,19,22)/t13-,16+/m1/s1. The van der Waals surface area contributed by atoms with Crippen molar-refractivity contribution in [2.75, 3.05) is 19.8 Å². The summed E-state index contributed by atoms with van der Waals surface area (Å²) in [6.07, 6.45) is 1.24. The maximum Gasteiger partial charge on any atom is 0.270 e. The lowest BCUT2D eigenvalue weighted by Crippen LogP contribution is -2.55. The molecule has 1 aromatic heterocycles. The summed E-state index contributed by atoms with van der Waals surface area (Å²) in [7, 11) is 0. The molecule has 1 aromatic carbocycles. The zero-order valence-electron chi connectivity index (χ0n) is 13.3. The van der Waals surface area contributed by atoms with Crippen LogP contribution in [0.2, 0.25) is 0 Å². The second-order valence-corrected chi connectivity index (χ2v) is 6.16. The van der Waals surface area contributed by atoms with Gasteiger partial charge >= 0.3 is 0 Å². The Bertz CT molecular complexity index is 826. The molecule has 124 valence electrons. The average Bonchev–Trinajstić information content (AvgIpc) is 3.20. The largest absolute Gasteiger partial charge is 0.377 e. The Kier molecular flexibility index (Phi) is 3.61. The molecule has 0 aliphatic carbocycles. The van der Waals surface area contributed by atoms with Crippen molar-refractivity contribution in [1.82, 2.24) is 14.8 Å². The number of fused-ring (bicyclic) bond motifs is 3. The number of para-hydroxylation sites is 1. The van der Waals surface area contributed by atoms with Crippen molar-refractivity contribution in [2.45, 2.75) is 18.6 Å². The molecule has 2 amide bonds. The molecule has 1 saturated heterocycles. The number of carbonyl (C=O) groups is 2. The number of carbonyl (C=O) groups excluding carboxylic acids is 2. The fourth-order valence-corrected chi connectivity index (χ4v) is 3.63. The van der Waals surface area contributed by atoms with Crippen LogP contribution in [-0.2, 0) is 16.1 Å². The topological polar surface area (TPSA) is 63.6 Å². The van der Waals surface area contributed by atoms with E-state index in [1.807, 2.05) is 35.2 Å². The molecule has 0 bridgehead atoms. The molecule has 4 rings (SSSR count). The lowest BCUT2D eigenvalue weighted by Gasteiger charge is -2.35. The number of benzene rings is 1. The third-order valence-corrected chi connectivity index (χ3v) is 4.82. The first-order chi connectivity index (χ1) is 11.7. The van der Waals surface area contributed by atoms with E-state index < -0.39 is 0 Å². The fourth-order valence-electron chi connectivity index (χ4n) is 3.63. The van der Waals surface area contributed by atoms with Crippen LogP contribution in [-0.4, -0.2) is 53.1 Å². The summed E-state index contributed by atoms with van der Waals surface area (Å²) in [5.74, 6) is -0.250. The van der Waals surface area contributed by atoms with Crippen molar-refractivity contribution in [3.8, 4) is 0 Å². The molecule has 0 spiro atoms. The maximum absolute atomic E-state index is 13.0. The number of nitrogens with zero attached hydrogens (tertiary/aromatic N) is 2. The molecule has 1 fully saturated rings. The number of hydrogen-bond acceptors (Lipinski definition) is 3. The number of rotatable bonds is 3. The van der Waals surface area contributed by atoms with Crippen LogP contribution in [0.1, 0.15) is 10.5 Å². The molecule has 3 heterocycles. The van der Waals surface area contributed by atoms with Crippen LogP contribution < -0.4 is 5.32 Å². The fraction of sp³-hybridized carbons (Fsp3) is 0.333. The molecule has 2 atom stereocenters. The van der Waals surface area contributed by atoms with Crippen molar-refractivity contribution >= 4 is 22.7 Å². The van der Waals surface area contributed by atoms with Crippen LogP contribution >= 0.6 is 0 Å². The Hall–Kier alpha value is -2.60. The highest BCUT2D eigenvalue weighted by Crippen LogP contribution is 2.26. The lowest BCUT2D eigenvalue weighted by molar-refractivity contribution is -0.117. The van der Waals surface area contributed by atoms with Gasteiger partial charge in [-0.25, -0.2) is 0 Å². The van der Waals surface area contributed by atoms with Gasteiger partial charge < -0.3 is 19.5 Å². The van der Waals surface area contributed by atoms with Crippen molar-refractivity contribution in [2.24, 2.45) is 0 Å². The number of hydrogen-bond donors (Lipinski definition) is 1. The maximum atomic E-state index is 13.0. The van der Waals surface area contributed by atoms with E-state index in [2.05, 4.69) is 16.5 Å². The summed E-state index contributed by atoms with van der Waals surface area (Å²) >= 11 is 0. The summed E-state index contributed by atoms with van der Waals surface area (Å²) in [4.78, 5) is 26.4. The van der Waals surface area contributed by atoms with Gasteiger partial charge in [0.15, 0.2) is 0 Å². The van der Waals surface area contributed by atoms with E-state index >= 15 is 0 Å². The number of amides is 2. The van der Waals surface area contributed by atoms with E-state index in [1.54, 1.807) is 0 Å². The van der Waals surface area contributed by atoms with E-state index in [9.17, 15) is 9.59 Å². The zero-order chi connectivity index (χ0) is 16.7. The minimum Gasteiger partial charge on any atom is -0.377 e. The Morgan fingerprint density at radius 1 is 1.29 bits per heavy atom. The lowest BCUT2D eigenvalue weighted by atomic mass is 10.1. The Labute approximate surface area is 139 Å². The van der Waals surface area contributed by atoms with Crippen molar-refractivity contribution in [3.63, 3.8) is 0 Å². The molecule has 0 unspecified atom stereocenters. The smallest absolute Gasteiger partial charge is 0.270 e. The van der Waals surface area contributed by atoms with Gasteiger partial charge in [-0.05, 0) is 18.2 Å². The van der Waals surface area contributed by atoms with Gasteiger partial charge in [-0.3, -0.25) is 9.59 Å². The normalized spacial score (nSPS) is 23.3. The SMILES string of the molecule is C=CC(=O)N[C@@H]1COC[C@@H]1N1CCn2c(cc3ccccc32)C1=O. The summed E-state index contributed by atoms with van der Waals surface area (Å²) in [6, 6.07) is 9.61. The minimum atomic E-state index is -0.242. The Balaban J connectivity index is 1.63. The quantitative estimate of drug-likeness (QED) is 0.862. The molecule has 2 aliphatic rings. The monoisotopic (exact) mass is 325 g/mol. The summed E-state index contributed by atoms with van der Waals surface area (Å²) in [5, 5.41) is 3.94. The first-order valence-electron chi connectivity index (χ1n) is 8.09. The highest BCUT2D eigenvalue weighted by molar-refractivity contribution is 5.99. The third kappa shape index (κ3) is 2.30. The summed E-state index contributed by atoms with van der Waals surface area (Å²) in [6.45, 7) is 5.68. The van der Waals surface area contributed by atoms with Gasteiger partial charge in [-0.2, -0.15) is 0 Å². The first-order valence-corrected chi connectivity index (χ1v) is 8.09. The van der Waals surface area contributed by atoms with E-state index in [-0.39, 0.29) is 23.9 Å². The molecule has 6 heteroatoms. The number of ether oxygens (including phenoxy) is 1. The predicted octanol–water partition coefficient (Wildman–Crippen LogP) is 1.17. The zero-order valence-corrected chi connectivity index (χ0v) is 13.3. The molecule has 1 N–H and O–H groups in total. The first kappa shape index (κ1) is 15.0. The molecule has 24 heavy (non-hydrogen) atoms. The van der Waals surface area contributed by atoms with Crippen molar-refractivity contribution in [1.29, 1.82) is 0 Å². The van der Waals surface area contributed by atoms with Crippen molar-refractivity contribution in [3.05, 3.63) is 48.7 Å². The predicted molar refractivity (Wildman–Crippen MR) is 89.7 cm³/mol. The average molecular weight is 325 g/mol. The van der Waals surface area contributed by atoms with Crippen LogP contribution in [0.5, 0.6) is 0 Å². The molecule has 6 nitrogen and oxygen atoms in total. The van der Waals surface area contributed by atoms with Crippen LogP contribution in [0, 0.1) is 0 Å². The van der Waals surface area contributed by atoms with Gasteiger partial charge in [0.05, 0.1) is 25.3 Å². The van der Waals surface area contributed by atoms with Gasteiger partial charge in [0, 0.05) is 24.0 Å². The van der Waals surface area contributed by atoms with Gasteiger partial charge in [0.2, 0.25) is 5.91 Å². The van der Waals surface area contributed by atoms with E-state index in [0.29, 0.717) is 25.5 Å². The third-order valence-electron chi connectivity index (χ3n) is 4.82. The highest BCUT2D eigenvalue weighted by atomic mass is 16.5. The van der Waals surface area contributed by atoms with E-state index in [0.717, 1.165) is 17.4 Å². The Morgan fingerprint density at radius 3 is 2.96 bits per heavy atom.